The number of nitrogen functional groups attached to an aromatic ring is 2. The molecule has 2 saturated heterocycles. The molecule has 4 aromatic heterocycles. The molecule has 5 N–H and O–H groups in total. The Bertz CT molecular complexity index is 3960. The van der Waals surface area contributed by atoms with Gasteiger partial charge in [-0.1, -0.05) is 31.2 Å². The highest BCUT2D eigenvalue weighted by atomic mass is 35.5. The number of fused-ring (bicyclic) bond motifs is 7. The third-order valence-corrected chi connectivity index (χ3v) is 16.6. The monoisotopic (exact) mass is 1130 g/mol. The smallest absolute Gasteiger partial charge is 0.407 e. The summed E-state index contributed by atoms with van der Waals surface area (Å²) in [4.78, 5) is 87.2. The number of rotatable bonds is 12. The van der Waals surface area contributed by atoms with Crippen LogP contribution in [-0.2, 0) is 47.3 Å². The fraction of sp³-hybridized carbons (Fsp3) is 0.327. The summed E-state index contributed by atoms with van der Waals surface area (Å²) in [5.41, 5.74) is 10.8. The van der Waals surface area contributed by atoms with Crippen LogP contribution in [0.4, 0.5) is 34.5 Å². The van der Waals surface area contributed by atoms with Gasteiger partial charge in [0.2, 0.25) is 5.60 Å². The highest BCUT2D eigenvalue weighted by molar-refractivity contribution is 7.23. The van der Waals surface area contributed by atoms with Crippen LogP contribution >= 0.6 is 22.9 Å². The lowest BCUT2D eigenvalue weighted by Gasteiger charge is -2.41. The summed E-state index contributed by atoms with van der Waals surface area (Å²) in [6, 6.07) is 11.4. The molecule has 0 bridgehead atoms. The Morgan fingerprint density at radius 2 is 1.86 bits per heavy atom. The number of aromatic nitrogens is 4. The van der Waals surface area contributed by atoms with Crippen LogP contribution in [-0.4, -0.2) is 118 Å². The number of esters is 2. The number of ether oxygens (including phenoxy) is 4. The summed E-state index contributed by atoms with van der Waals surface area (Å²) in [5, 5.41) is 13.2. The highest BCUT2D eigenvalue weighted by Gasteiger charge is 2.50. The van der Waals surface area contributed by atoms with Crippen LogP contribution in [0, 0.1) is 28.8 Å². The lowest BCUT2D eigenvalue weighted by molar-refractivity contribution is -0.188. The van der Waals surface area contributed by atoms with Crippen molar-refractivity contribution in [3.63, 3.8) is 0 Å². The number of amides is 2. The number of thiophene rings is 1. The number of nitrogens with one attached hydrogen (secondary N) is 1. The van der Waals surface area contributed by atoms with Crippen molar-refractivity contribution in [2.45, 2.75) is 63.9 Å². The molecule has 412 valence electrons. The van der Waals surface area contributed by atoms with Crippen molar-refractivity contribution in [3.8, 4) is 34.6 Å². The average Bonchev–Trinajstić information content (AvgIpc) is 4.32. The molecule has 2 fully saturated rings. The van der Waals surface area contributed by atoms with E-state index in [0.717, 1.165) is 36.8 Å². The molecule has 20 nitrogen and oxygen atoms in total. The van der Waals surface area contributed by atoms with Crippen molar-refractivity contribution >= 4 is 95.3 Å². The zero-order valence-electron chi connectivity index (χ0n) is 43.2. The van der Waals surface area contributed by atoms with Gasteiger partial charge in [0.1, 0.15) is 60.4 Å². The van der Waals surface area contributed by atoms with E-state index in [-0.39, 0.29) is 133 Å². The zero-order chi connectivity index (χ0) is 56.6. The Kier molecular flexibility index (Phi) is 13.8. The van der Waals surface area contributed by atoms with Crippen LogP contribution in [0.2, 0.25) is 5.02 Å². The molecule has 3 atom stereocenters. The molecular formula is C55H49ClF3N11O9S. The van der Waals surface area contributed by atoms with Crippen molar-refractivity contribution in [3.05, 3.63) is 110 Å². The van der Waals surface area contributed by atoms with Gasteiger partial charge in [-0.05, 0) is 75.7 Å². The second kappa shape index (κ2) is 20.6. The highest BCUT2D eigenvalue weighted by Crippen LogP contribution is 2.47. The van der Waals surface area contributed by atoms with Crippen molar-refractivity contribution in [1.82, 2.24) is 34.6 Å². The molecule has 4 aliphatic heterocycles. The molecule has 80 heavy (non-hydrogen) atoms. The molecular weight excluding hydrogens is 1080 g/mol. The summed E-state index contributed by atoms with van der Waals surface area (Å²) in [6.07, 6.45) is 0.567. The van der Waals surface area contributed by atoms with Gasteiger partial charge >= 0.3 is 24.0 Å². The number of nitrogens with zero attached hydrogens (tertiary/aromatic N) is 8. The van der Waals surface area contributed by atoms with Gasteiger partial charge in [-0.2, -0.15) is 15.2 Å². The fourth-order valence-corrected chi connectivity index (χ4v) is 12.3. The largest absolute Gasteiger partial charge is 0.462 e. The maximum Gasteiger partial charge on any atom is 0.407 e. The molecule has 4 aliphatic rings. The Morgan fingerprint density at radius 3 is 2.60 bits per heavy atom. The second-order valence-electron chi connectivity index (χ2n) is 20.0. The molecule has 0 aliphatic carbocycles. The molecule has 8 heterocycles. The predicted molar refractivity (Wildman–Crippen MR) is 290 cm³/mol. The summed E-state index contributed by atoms with van der Waals surface area (Å²) in [6.45, 7) is 7.09. The first-order chi connectivity index (χ1) is 38.3. The van der Waals surface area contributed by atoms with Gasteiger partial charge in [0.25, 0.3) is 11.5 Å². The molecule has 0 saturated carbocycles. The third kappa shape index (κ3) is 9.07. The third-order valence-electron chi connectivity index (χ3n) is 15.2. The van der Waals surface area contributed by atoms with Crippen molar-refractivity contribution < 1.29 is 51.3 Å². The van der Waals surface area contributed by atoms with E-state index in [1.165, 1.54) is 39.8 Å². The van der Waals surface area contributed by atoms with Crippen LogP contribution in [0.3, 0.4) is 0 Å². The number of hydrogen-bond acceptors (Lipinski definition) is 18. The number of benzene rings is 3. The van der Waals surface area contributed by atoms with Gasteiger partial charge < -0.3 is 55.0 Å². The maximum atomic E-state index is 17.3. The summed E-state index contributed by atoms with van der Waals surface area (Å²) < 4.78 is 71.0. The van der Waals surface area contributed by atoms with Gasteiger partial charge in [0.05, 0.1) is 50.0 Å². The first-order valence-corrected chi connectivity index (χ1v) is 26.6. The summed E-state index contributed by atoms with van der Waals surface area (Å²) >= 11 is 7.80. The number of likely N-dealkylation sites (N-methyl/N-ethyl adjacent to an activating group) is 1. The number of halogens is 4. The van der Waals surface area contributed by atoms with E-state index in [0.29, 0.717) is 22.3 Å². The van der Waals surface area contributed by atoms with Gasteiger partial charge in [0.15, 0.2) is 5.82 Å². The number of carbonyl (C=O) groups excluding carboxylic acids is 4. The van der Waals surface area contributed by atoms with Crippen molar-refractivity contribution in [2.75, 3.05) is 69.4 Å². The van der Waals surface area contributed by atoms with Crippen LogP contribution < -0.4 is 32.0 Å². The topological polar surface area (TPSA) is 263 Å². The number of hydrogen-bond donors (Lipinski definition) is 3. The van der Waals surface area contributed by atoms with Crippen molar-refractivity contribution in [1.29, 1.82) is 5.26 Å². The quantitative estimate of drug-likeness (QED) is 0.0479. The van der Waals surface area contributed by atoms with E-state index in [1.807, 2.05) is 24.9 Å². The number of alkyl carbamates (subject to hydrolysis) is 1. The van der Waals surface area contributed by atoms with E-state index in [2.05, 4.69) is 26.8 Å². The molecule has 2 amide bonds. The molecule has 3 aromatic carbocycles. The molecule has 0 spiro atoms. The number of piperazine rings is 1. The number of carbonyl (C=O) groups is 4. The van der Waals surface area contributed by atoms with Crippen LogP contribution in [0.25, 0.3) is 54.4 Å². The van der Waals surface area contributed by atoms with Crippen LogP contribution in [0.15, 0.2) is 59.4 Å². The molecule has 7 aromatic rings. The Labute approximate surface area is 462 Å². The predicted octanol–water partition coefficient (Wildman–Crippen LogP) is 7.05. The molecule has 25 heteroatoms. The minimum absolute atomic E-state index is 0.0126. The number of nitriles is 1. The van der Waals surface area contributed by atoms with Gasteiger partial charge in [-0.3, -0.25) is 14.4 Å². The number of pyridine rings is 2. The Morgan fingerprint density at radius 1 is 1.06 bits per heavy atom. The van der Waals surface area contributed by atoms with Gasteiger partial charge in [0, 0.05) is 76.2 Å². The molecule has 11 rings (SSSR count). The second-order valence-corrected chi connectivity index (χ2v) is 21.5. The number of nitrogens with two attached hydrogens (primary N) is 2. The summed E-state index contributed by atoms with van der Waals surface area (Å²) in [7, 11) is 1.98. The van der Waals surface area contributed by atoms with E-state index in [4.69, 9.17) is 47.0 Å². The number of cyclic esters (lactones) is 1. The molecule has 0 radical (unpaired) electrons. The first kappa shape index (κ1) is 53.5. The van der Waals surface area contributed by atoms with Gasteiger partial charge in [-0.25, -0.2) is 27.7 Å². The standard InChI is InChI=1S/C55H49ClF3N11O9S/c1-5-55(34-16-40-45-28(13-27-14-38(61)37(58)17-39(27)64-45)21-70(40)51(73)33(34)24-76-52(55)74)79-41(71)19-63-54(75)78-22-25(2)50(72)68-11-12-69(26(3)20-68)49-31-15-35(56)43(30-8-9-36(57)47-42(30)32(18-60)48(62)80-47)44(59)46(31)65-53(66-49)77-23-29-7-6-10-67(29)4/h8-9,13-17,26,29H,2,5-7,10-12,19-24,61-62H2,1,3-4H3,(H,63,75)/t26-,29-,55-/m0/s1. The van der Waals surface area contributed by atoms with Crippen LogP contribution in [0.1, 0.15) is 55.4 Å². The normalized spacial score (nSPS) is 18.6. The number of anilines is 3. The minimum Gasteiger partial charge on any atom is -0.462 e. The maximum absolute atomic E-state index is 17.3. The first-order valence-electron chi connectivity index (χ1n) is 25.4. The zero-order valence-corrected chi connectivity index (χ0v) is 44.8. The van der Waals surface area contributed by atoms with E-state index in [1.54, 1.807) is 13.0 Å². The van der Waals surface area contributed by atoms with Crippen molar-refractivity contribution in [2.24, 2.45) is 0 Å². The SMILES string of the molecule is C=C(COC(=O)NCC(=O)O[C@]1(CC)C(=O)OCc2c1cc1n(c2=O)Cc2cc3cc(N)c(F)cc3nc2-1)C(=O)N1CCN(c2nc(OC[C@@H]3CCCN3C)nc3c(F)c(-c4ccc(F)c5sc(N)c(C#N)c45)c(Cl)cc23)[C@@H](C)C1. The van der Waals surface area contributed by atoms with E-state index < -0.39 is 78.4 Å². The van der Waals surface area contributed by atoms with Gasteiger partial charge in [-0.15, -0.1) is 11.3 Å². The number of likely N-dealkylation sites (tertiary alicyclic amines) is 1. The lowest BCUT2D eigenvalue weighted by Crippen LogP contribution is -2.54. The lowest BCUT2D eigenvalue weighted by atomic mass is 9.85. The average molecular weight is 1130 g/mol. The summed E-state index contributed by atoms with van der Waals surface area (Å²) in [5.74, 6) is -4.46. The Hall–Kier alpha value is -8.53. The van der Waals surface area contributed by atoms with E-state index >= 15 is 8.78 Å². The Balaban J connectivity index is 0.760. The fourth-order valence-electron chi connectivity index (χ4n) is 11.1. The van der Waals surface area contributed by atoms with Crippen LogP contribution in [0.5, 0.6) is 6.01 Å². The minimum atomic E-state index is -2.09. The van der Waals surface area contributed by atoms with E-state index in [9.17, 15) is 33.6 Å². The molecule has 0 unspecified atom stereocenters.